The summed E-state index contributed by atoms with van der Waals surface area (Å²) in [4.78, 5) is 12.3. The van der Waals surface area contributed by atoms with E-state index in [4.69, 9.17) is 0 Å². The third kappa shape index (κ3) is 3.67. The molecule has 21 heavy (non-hydrogen) atoms. The molecule has 3 nitrogen and oxygen atoms in total. The Morgan fingerprint density at radius 3 is 2.67 bits per heavy atom. The topological polar surface area (TPSA) is 49.3 Å². The fourth-order valence-corrected chi connectivity index (χ4v) is 2.24. The van der Waals surface area contributed by atoms with Gasteiger partial charge < -0.3 is 10.4 Å². The largest absolute Gasteiger partial charge is 0.394 e. The van der Waals surface area contributed by atoms with Crippen LogP contribution in [0, 0.1) is 5.82 Å². The highest BCUT2D eigenvalue weighted by Gasteiger charge is 2.17. The Bertz CT molecular complexity index is 628. The smallest absolute Gasteiger partial charge is 0.252 e. The lowest BCUT2D eigenvalue weighted by molar-refractivity contribution is 0.0915. The van der Waals surface area contributed by atoms with E-state index in [1.807, 2.05) is 19.1 Å². The van der Waals surface area contributed by atoms with Gasteiger partial charge in [-0.3, -0.25) is 4.79 Å². The first-order valence-corrected chi connectivity index (χ1v) is 6.90. The average Bonchev–Trinajstić information content (AvgIpc) is 2.52. The molecule has 0 saturated carbocycles. The Hall–Kier alpha value is -2.20. The number of benzene rings is 2. The van der Waals surface area contributed by atoms with Crippen molar-refractivity contribution in [1.82, 2.24) is 5.32 Å². The van der Waals surface area contributed by atoms with Crippen molar-refractivity contribution in [2.75, 3.05) is 6.61 Å². The molecule has 2 N–H and O–H groups in total. The maximum absolute atomic E-state index is 13.2. The van der Waals surface area contributed by atoms with Crippen LogP contribution in [-0.4, -0.2) is 17.6 Å². The number of amides is 1. The molecule has 0 saturated heterocycles. The zero-order chi connectivity index (χ0) is 15.2. The van der Waals surface area contributed by atoms with Gasteiger partial charge in [-0.05, 0) is 35.7 Å². The van der Waals surface area contributed by atoms with Crippen molar-refractivity contribution in [3.63, 3.8) is 0 Å². The molecular formula is C17H18FNO2. The average molecular weight is 287 g/mol. The molecule has 0 aromatic heterocycles. The maximum Gasteiger partial charge on any atom is 0.252 e. The highest BCUT2D eigenvalue weighted by atomic mass is 19.1. The van der Waals surface area contributed by atoms with Crippen molar-refractivity contribution in [1.29, 1.82) is 0 Å². The number of halogens is 1. The second-order valence-corrected chi connectivity index (χ2v) is 4.77. The molecule has 0 spiro atoms. The number of aryl methyl sites for hydroxylation is 1. The first-order chi connectivity index (χ1) is 10.2. The van der Waals surface area contributed by atoms with Crippen LogP contribution in [0.25, 0.3) is 0 Å². The molecule has 110 valence electrons. The van der Waals surface area contributed by atoms with Crippen LogP contribution in [0.15, 0.2) is 48.5 Å². The summed E-state index contributed by atoms with van der Waals surface area (Å²) in [6, 6.07) is 12.6. The van der Waals surface area contributed by atoms with Crippen LogP contribution in [0.2, 0.25) is 0 Å². The van der Waals surface area contributed by atoms with E-state index in [2.05, 4.69) is 5.32 Å². The van der Waals surface area contributed by atoms with E-state index >= 15 is 0 Å². The summed E-state index contributed by atoms with van der Waals surface area (Å²) in [5.41, 5.74) is 2.06. The summed E-state index contributed by atoms with van der Waals surface area (Å²) >= 11 is 0. The number of carbonyl (C=O) groups is 1. The molecule has 0 aliphatic heterocycles. The van der Waals surface area contributed by atoms with Crippen molar-refractivity contribution in [3.05, 3.63) is 71.0 Å². The fourth-order valence-electron chi connectivity index (χ4n) is 2.24. The number of hydrogen-bond donors (Lipinski definition) is 2. The quantitative estimate of drug-likeness (QED) is 0.888. The van der Waals surface area contributed by atoms with Crippen molar-refractivity contribution < 1.29 is 14.3 Å². The standard InChI is InChI=1S/C17H18FNO2/c1-2-12-6-3-4-9-15(12)17(21)19-16(11-20)13-7-5-8-14(18)10-13/h3-10,16,20H,2,11H2,1H3,(H,19,21)/t16-/m0/s1. The highest BCUT2D eigenvalue weighted by molar-refractivity contribution is 5.95. The number of nitrogens with one attached hydrogen (secondary N) is 1. The second kappa shape index (κ2) is 6.99. The van der Waals surface area contributed by atoms with Crippen LogP contribution < -0.4 is 5.32 Å². The van der Waals surface area contributed by atoms with Crippen molar-refractivity contribution in [2.24, 2.45) is 0 Å². The van der Waals surface area contributed by atoms with Gasteiger partial charge in [0.05, 0.1) is 12.6 Å². The molecule has 0 radical (unpaired) electrons. The molecule has 0 aliphatic rings. The first-order valence-electron chi connectivity index (χ1n) is 6.90. The highest BCUT2D eigenvalue weighted by Crippen LogP contribution is 2.16. The Balaban J connectivity index is 2.20. The van der Waals surface area contributed by atoms with Gasteiger partial charge in [0, 0.05) is 5.56 Å². The fraction of sp³-hybridized carbons (Fsp3) is 0.235. The zero-order valence-electron chi connectivity index (χ0n) is 11.8. The molecule has 4 heteroatoms. The Kier molecular flexibility index (Phi) is 5.06. The van der Waals surface area contributed by atoms with Gasteiger partial charge in [-0.1, -0.05) is 37.3 Å². The number of hydrogen-bond acceptors (Lipinski definition) is 2. The lowest BCUT2D eigenvalue weighted by Crippen LogP contribution is -2.31. The van der Waals surface area contributed by atoms with E-state index in [1.165, 1.54) is 12.1 Å². The number of aliphatic hydroxyl groups is 1. The minimum atomic E-state index is -0.627. The van der Waals surface area contributed by atoms with Gasteiger partial charge in [0.2, 0.25) is 0 Å². The monoisotopic (exact) mass is 287 g/mol. The second-order valence-electron chi connectivity index (χ2n) is 4.77. The van der Waals surface area contributed by atoms with Crippen LogP contribution in [-0.2, 0) is 6.42 Å². The van der Waals surface area contributed by atoms with Crippen molar-refractivity contribution >= 4 is 5.91 Å². The van der Waals surface area contributed by atoms with Gasteiger partial charge in [-0.25, -0.2) is 4.39 Å². The van der Waals surface area contributed by atoms with Gasteiger partial charge in [0.1, 0.15) is 5.82 Å². The molecule has 2 aromatic rings. The normalized spacial score (nSPS) is 12.0. The van der Waals surface area contributed by atoms with Crippen LogP contribution in [0.4, 0.5) is 4.39 Å². The Labute approximate surface area is 123 Å². The van der Waals surface area contributed by atoms with E-state index in [9.17, 15) is 14.3 Å². The molecule has 1 atom stereocenters. The lowest BCUT2D eigenvalue weighted by Gasteiger charge is -2.18. The summed E-state index contributed by atoms with van der Waals surface area (Å²) in [7, 11) is 0. The first kappa shape index (κ1) is 15.2. The SMILES string of the molecule is CCc1ccccc1C(=O)N[C@@H](CO)c1cccc(F)c1. The van der Waals surface area contributed by atoms with Gasteiger partial charge in [0.25, 0.3) is 5.91 Å². The lowest BCUT2D eigenvalue weighted by atomic mass is 10.0. The third-order valence-electron chi connectivity index (χ3n) is 3.38. The number of aliphatic hydroxyl groups excluding tert-OH is 1. The van der Waals surface area contributed by atoms with E-state index < -0.39 is 11.9 Å². The maximum atomic E-state index is 13.2. The van der Waals surface area contributed by atoms with E-state index in [0.717, 1.165) is 12.0 Å². The number of carbonyl (C=O) groups excluding carboxylic acids is 1. The van der Waals surface area contributed by atoms with Gasteiger partial charge in [-0.2, -0.15) is 0 Å². The van der Waals surface area contributed by atoms with Crippen molar-refractivity contribution in [2.45, 2.75) is 19.4 Å². The van der Waals surface area contributed by atoms with Crippen LogP contribution in [0.3, 0.4) is 0 Å². The van der Waals surface area contributed by atoms with E-state index in [0.29, 0.717) is 11.1 Å². The van der Waals surface area contributed by atoms with E-state index in [-0.39, 0.29) is 12.5 Å². The van der Waals surface area contributed by atoms with E-state index in [1.54, 1.807) is 24.3 Å². The molecule has 0 heterocycles. The van der Waals surface area contributed by atoms with Gasteiger partial charge >= 0.3 is 0 Å². The molecule has 2 rings (SSSR count). The zero-order valence-corrected chi connectivity index (χ0v) is 11.8. The predicted octanol–water partition coefficient (Wildman–Crippen LogP) is 2.85. The minimum Gasteiger partial charge on any atom is -0.394 e. The van der Waals surface area contributed by atoms with Crippen LogP contribution >= 0.6 is 0 Å². The van der Waals surface area contributed by atoms with Crippen LogP contribution in [0.1, 0.15) is 34.5 Å². The number of rotatable bonds is 5. The van der Waals surface area contributed by atoms with Gasteiger partial charge in [0.15, 0.2) is 0 Å². The third-order valence-corrected chi connectivity index (χ3v) is 3.38. The molecular weight excluding hydrogens is 269 g/mol. The molecule has 0 aliphatic carbocycles. The summed E-state index contributed by atoms with van der Waals surface area (Å²) in [6.45, 7) is 1.69. The molecule has 0 bridgehead atoms. The predicted molar refractivity (Wildman–Crippen MR) is 79.5 cm³/mol. The summed E-state index contributed by atoms with van der Waals surface area (Å²) < 4.78 is 13.2. The van der Waals surface area contributed by atoms with Gasteiger partial charge in [-0.15, -0.1) is 0 Å². The van der Waals surface area contributed by atoms with Crippen molar-refractivity contribution in [3.8, 4) is 0 Å². The molecule has 1 amide bonds. The van der Waals surface area contributed by atoms with Crippen LogP contribution in [0.5, 0.6) is 0 Å². The summed E-state index contributed by atoms with van der Waals surface area (Å²) in [5, 5.41) is 12.2. The Morgan fingerprint density at radius 2 is 2.00 bits per heavy atom. The summed E-state index contributed by atoms with van der Waals surface area (Å²) in [6.07, 6.45) is 0.743. The minimum absolute atomic E-state index is 0.268. The molecule has 2 aromatic carbocycles. The summed E-state index contributed by atoms with van der Waals surface area (Å²) in [5.74, 6) is -0.662. The molecule has 0 fully saturated rings. The Morgan fingerprint density at radius 1 is 1.24 bits per heavy atom. The molecule has 0 unspecified atom stereocenters.